The number of benzene rings is 1. The van der Waals surface area contributed by atoms with Crippen molar-refractivity contribution in [1.82, 2.24) is 4.98 Å². The van der Waals surface area contributed by atoms with Crippen LogP contribution in [0.1, 0.15) is 36.0 Å². The van der Waals surface area contributed by atoms with Gasteiger partial charge in [-0.15, -0.1) is 0 Å². The van der Waals surface area contributed by atoms with E-state index in [0.717, 1.165) is 10.8 Å². The lowest BCUT2D eigenvalue weighted by atomic mass is 9.87. The van der Waals surface area contributed by atoms with Crippen LogP contribution in [0, 0.1) is 5.92 Å². The van der Waals surface area contributed by atoms with Crippen LogP contribution in [0.4, 0.5) is 0 Å². The maximum Gasteiger partial charge on any atom is 0.340 e. The molecular formula is C18H18ClNO4. The van der Waals surface area contributed by atoms with Gasteiger partial charge in [-0.3, -0.25) is 9.78 Å². The molecule has 1 aliphatic carbocycles. The van der Waals surface area contributed by atoms with E-state index in [0.29, 0.717) is 36.3 Å². The number of carbonyl (C=O) groups is 2. The number of carbonyl (C=O) groups excluding carboxylic acids is 2. The average Bonchev–Trinajstić information content (AvgIpc) is 2.61. The van der Waals surface area contributed by atoms with Crippen molar-refractivity contribution in [1.29, 1.82) is 0 Å². The molecular weight excluding hydrogens is 330 g/mol. The fraction of sp³-hybridized carbons (Fsp3) is 0.389. The van der Waals surface area contributed by atoms with Gasteiger partial charge in [0.05, 0.1) is 18.6 Å². The number of nitrogens with zero attached hydrogens (tertiary/aromatic N) is 1. The number of pyridine rings is 1. The zero-order chi connectivity index (χ0) is 17.1. The highest BCUT2D eigenvalue weighted by Gasteiger charge is 2.29. The zero-order valence-electron chi connectivity index (χ0n) is 13.3. The van der Waals surface area contributed by atoms with E-state index >= 15 is 0 Å². The summed E-state index contributed by atoms with van der Waals surface area (Å²) in [6, 6.07) is 5.38. The largest absolute Gasteiger partial charge is 0.469 e. The first-order valence-electron chi connectivity index (χ1n) is 7.91. The molecule has 0 spiro atoms. The molecule has 0 radical (unpaired) electrons. The molecule has 2 aromatic rings. The van der Waals surface area contributed by atoms with Gasteiger partial charge in [0, 0.05) is 28.2 Å². The summed E-state index contributed by atoms with van der Waals surface area (Å²) in [5, 5.41) is 2.00. The van der Waals surface area contributed by atoms with Crippen molar-refractivity contribution in [3.8, 4) is 0 Å². The van der Waals surface area contributed by atoms with Gasteiger partial charge < -0.3 is 9.47 Å². The fourth-order valence-corrected chi connectivity index (χ4v) is 3.34. The summed E-state index contributed by atoms with van der Waals surface area (Å²) in [4.78, 5) is 28.1. The second-order valence-corrected chi connectivity index (χ2v) is 6.33. The van der Waals surface area contributed by atoms with Crippen molar-refractivity contribution in [3.63, 3.8) is 0 Å². The summed E-state index contributed by atoms with van der Waals surface area (Å²) < 4.78 is 10.4. The van der Waals surface area contributed by atoms with Gasteiger partial charge >= 0.3 is 11.9 Å². The molecule has 1 aliphatic rings. The smallest absolute Gasteiger partial charge is 0.340 e. The summed E-state index contributed by atoms with van der Waals surface area (Å²) in [7, 11) is 1.40. The fourth-order valence-electron chi connectivity index (χ4n) is 3.12. The number of fused-ring (bicyclic) bond motifs is 1. The lowest BCUT2D eigenvalue weighted by Crippen LogP contribution is -2.28. The van der Waals surface area contributed by atoms with Gasteiger partial charge in [-0.2, -0.15) is 0 Å². The molecule has 0 atom stereocenters. The lowest BCUT2D eigenvalue weighted by molar-refractivity contribution is -0.147. The molecule has 6 heteroatoms. The second-order valence-electron chi connectivity index (χ2n) is 5.92. The topological polar surface area (TPSA) is 65.5 Å². The third-order valence-electron chi connectivity index (χ3n) is 4.45. The van der Waals surface area contributed by atoms with Gasteiger partial charge in [0.2, 0.25) is 0 Å². The number of esters is 2. The maximum absolute atomic E-state index is 12.5. The van der Waals surface area contributed by atoms with Gasteiger partial charge in [-0.1, -0.05) is 23.7 Å². The first-order valence-corrected chi connectivity index (χ1v) is 8.29. The van der Waals surface area contributed by atoms with E-state index in [-0.39, 0.29) is 18.0 Å². The van der Waals surface area contributed by atoms with E-state index in [4.69, 9.17) is 21.1 Å². The summed E-state index contributed by atoms with van der Waals surface area (Å²) >= 11 is 6.15. The zero-order valence-corrected chi connectivity index (χ0v) is 14.1. The molecule has 1 aromatic carbocycles. The van der Waals surface area contributed by atoms with Crippen LogP contribution >= 0.6 is 11.6 Å². The quantitative estimate of drug-likeness (QED) is 0.790. The Morgan fingerprint density at radius 1 is 1.12 bits per heavy atom. The number of aromatic nitrogens is 1. The normalized spacial score (nSPS) is 20.6. The molecule has 24 heavy (non-hydrogen) atoms. The highest BCUT2D eigenvalue weighted by atomic mass is 35.5. The van der Waals surface area contributed by atoms with E-state index in [1.807, 2.05) is 6.07 Å². The van der Waals surface area contributed by atoms with Gasteiger partial charge in [0.1, 0.15) is 6.10 Å². The third kappa shape index (κ3) is 3.36. The molecule has 5 nitrogen and oxygen atoms in total. The van der Waals surface area contributed by atoms with Crippen LogP contribution in [0.2, 0.25) is 5.02 Å². The van der Waals surface area contributed by atoms with Gasteiger partial charge in [0.15, 0.2) is 0 Å². The molecule has 126 valence electrons. The van der Waals surface area contributed by atoms with Crippen LogP contribution in [0.25, 0.3) is 10.8 Å². The number of halogens is 1. The SMILES string of the molecule is COC(=O)C1CCC(OC(=O)c2cncc3c(Cl)cccc23)CC1. The van der Waals surface area contributed by atoms with Crippen LogP contribution in [0.5, 0.6) is 0 Å². The van der Waals surface area contributed by atoms with Crippen LogP contribution < -0.4 is 0 Å². The van der Waals surface area contributed by atoms with Crippen LogP contribution in [0.15, 0.2) is 30.6 Å². The molecule has 3 rings (SSSR count). The number of methoxy groups -OCH3 is 1. The van der Waals surface area contributed by atoms with Gasteiger partial charge in [-0.25, -0.2) is 4.79 Å². The highest BCUT2D eigenvalue weighted by Crippen LogP contribution is 2.29. The Morgan fingerprint density at radius 2 is 1.88 bits per heavy atom. The molecule has 0 N–H and O–H groups in total. The monoisotopic (exact) mass is 347 g/mol. The summed E-state index contributed by atoms with van der Waals surface area (Å²) in [5.74, 6) is -0.687. The molecule has 1 aromatic heterocycles. The van der Waals surface area contributed by atoms with E-state index in [1.165, 1.54) is 13.3 Å². The number of hydrogen-bond donors (Lipinski definition) is 0. The van der Waals surface area contributed by atoms with Crippen LogP contribution in [-0.4, -0.2) is 30.1 Å². The lowest BCUT2D eigenvalue weighted by Gasteiger charge is -2.26. The summed E-state index contributed by atoms with van der Waals surface area (Å²) in [6.45, 7) is 0. The van der Waals surface area contributed by atoms with Gasteiger partial charge in [0.25, 0.3) is 0 Å². The van der Waals surface area contributed by atoms with Crippen LogP contribution in [0.3, 0.4) is 0 Å². The third-order valence-corrected chi connectivity index (χ3v) is 4.78. The van der Waals surface area contributed by atoms with Crippen molar-refractivity contribution in [3.05, 3.63) is 41.2 Å². The first kappa shape index (κ1) is 16.7. The Kier molecular flexibility index (Phi) is 5.00. The molecule has 1 heterocycles. The van der Waals surface area contributed by atoms with Crippen molar-refractivity contribution in [2.75, 3.05) is 7.11 Å². The average molecular weight is 348 g/mol. The predicted octanol–water partition coefficient (Wildman–Crippen LogP) is 3.78. The second kappa shape index (κ2) is 7.18. The van der Waals surface area contributed by atoms with Crippen molar-refractivity contribution in [2.45, 2.75) is 31.8 Å². The molecule has 0 saturated heterocycles. The minimum atomic E-state index is -0.406. The summed E-state index contributed by atoms with van der Waals surface area (Å²) in [5.41, 5.74) is 0.407. The number of rotatable bonds is 3. The number of ether oxygens (including phenoxy) is 2. The first-order chi connectivity index (χ1) is 11.6. The minimum absolute atomic E-state index is 0.0945. The van der Waals surface area contributed by atoms with Crippen molar-refractivity contribution >= 4 is 34.3 Å². The van der Waals surface area contributed by atoms with Crippen molar-refractivity contribution in [2.24, 2.45) is 5.92 Å². The Labute approximate surface area is 144 Å². The van der Waals surface area contributed by atoms with E-state index in [9.17, 15) is 9.59 Å². The maximum atomic E-state index is 12.5. The van der Waals surface area contributed by atoms with Crippen LogP contribution in [-0.2, 0) is 14.3 Å². The number of hydrogen-bond acceptors (Lipinski definition) is 5. The Balaban J connectivity index is 1.71. The van der Waals surface area contributed by atoms with E-state index < -0.39 is 5.97 Å². The molecule has 1 saturated carbocycles. The van der Waals surface area contributed by atoms with E-state index in [1.54, 1.807) is 18.3 Å². The minimum Gasteiger partial charge on any atom is -0.469 e. The Bertz CT molecular complexity index is 769. The molecule has 1 fully saturated rings. The predicted molar refractivity (Wildman–Crippen MR) is 89.9 cm³/mol. The molecule has 0 amide bonds. The van der Waals surface area contributed by atoms with E-state index in [2.05, 4.69) is 4.98 Å². The molecule has 0 aliphatic heterocycles. The highest BCUT2D eigenvalue weighted by molar-refractivity contribution is 6.35. The van der Waals surface area contributed by atoms with Crippen molar-refractivity contribution < 1.29 is 19.1 Å². The Morgan fingerprint density at radius 3 is 2.58 bits per heavy atom. The summed E-state index contributed by atoms with van der Waals surface area (Å²) in [6.07, 6.45) is 5.60. The van der Waals surface area contributed by atoms with Gasteiger partial charge in [-0.05, 0) is 31.7 Å². The Hall–Kier alpha value is -2.14. The molecule has 0 unspecified atom stereocenters. The molecule has 0 bridgehead atoms. The standard InChI is InChI=1S/C18H18ClNO4/c1-23-17(21)11-5-7-12(8-6-11)24-18(22)15-10-20-9-14-13(15)3-2-4-16(14)19/h2-4,9-12H,5-8H2,1H3.